The predicted octanol–water partition coefficient (Wildman–Crippen LogP) is 4.10. The van der Waals surface area contributed by atoms with Crippen LogP contribution in [0.25, 0.3) is 0 Å². The van der Waals surface area contributed by atoms with Gasteiger partial charge in [-0.05, 0) is 61.6 Å². The summed E-state index contributed by atoms with van der Waals surface area (Å²) in [5, 5.41) is 11.2. The van der Waals surface area contributed by atoms with E-state index in [9.17, 15) is 5.11 Å². The van der Waals surface area contributed by atoms with Crippen molar-refractivity contribution in [2.24, 2.45) is 0 Å². The van der Waals surface area contributed by atoms with Crippen molar-refractivity contribution in [3.8, 4) is 0 Å². The second-order valence-corrected chi connectivity index (χ2v) is 5.70. The standard InChI is InChI=1S/C17H22O/c18-17(15-10-3-1-2-4-11-15)13-7-9-14-8-5-6-12-16(14)17/h5-6,8,10,12,18H,1-4,7,9,11,13H2. The molecule has 3 rings (SSSR count). The van der Waals surface area contributed by atoms with Crippen LogP contribution in [0.1, 0.15) is 56.1 Å². The van der Waals surface area contributed by atoms with Gasteiger partial charge >= 0.3 is 0 Å². The molecule has 1 atom stereocenters. The average Bonchev–Trinajstić information content (AvgIpc) is 2.69. The van der Waals surface area contributed by atoms with Crippen molar-refractivity contribution in [2.45, 2.75) is 57.0 Å². The summed E-state index contributed by atoms with van der Waals surface area (Å²) in [6.45, 7) is 0. The van der Waals surface area contributed by atoms with Gasteiger partial charge in [0.05, 0.1) is 0 Å². The summed E-state index contributed by atoms with van der Waals surface area (Å²) < 4.78 is 0. The van der Waals surface area contributed by atoms with Gasteiger partial charge in [0.25, 0.3) is 0 Å². The van der Waals surface area contributed by atoms with E-state index in [1.54, 1.807) is 0 Å². The van der Waals surface area contributed by atoms with Crippen LogP contribution >= 0.6 is 0 Å². The third kappa shape index (κ3) is 2.01. The van der Waals surface area contributed by atoms with Crippen molar-refractivity contribution < 1.29 is 5.11 Å². The van der Waals surface area contributed by atoms with Crippen LogP contribution in [-0.4, -0.2) is 5.11 Å². The third-order valence-electron chi connectivity index (χ3n) is 4.52. The molecule has 0 saturated heterocycles. The molecule has 0 radical (unpaired) electrons. The minimum Gasteiger partial charge on any atom is -0.381 e. The number of aliphatic hydroxyl groups is 1. The molecule has 18 heavy (non-hydrogen) atoms. The summed E-state index contributed by atoms with van der Waals surface area (Å²) in [4.78, 5) is 0. The molecule has 96 valence electrons. The van der Waals surface area contributed by atoms with Crippen LogP contribution in [0, 0.1) is 0 Å². The van der Waals surface area contributed by atoms with Crippen molar-refractivity contribution >= 4 is 0 Å². The minimum absolute atomic E-state index is 0.667. The van der Waals surface area contributed by atoms with Crippen molar-refractivity contribution in [3.05, 3.63) is 47.0 Å². The fourth-order valence-electron chi connectivity index (χ4n) is 3.54. The maximum atomic E-state index is 11.2. The molecule has 0 amide bonds. The smallest absolute Gasteiger partial charge is 0.111 e. The van der Waals surface area contributed by atoms with E-state index < -0.39 is 5.60 Å². The number of aryl methyl sites for hydroxylation is 1. The zero-order valence-corrected chi connectivity index (χ0v) is 11.0. The second kappa shape index (κ2) is 4.89. The summed E-state index contributed by atoms with van der Waals surface area (Å²) >= 11 is 0. The van der Waals surface area contributed by atoms with Crippen LogP contribution < -0.4 is 0 Å². The molecule has 1 unspecified atom stereocenters. The number of hydrogen-bond acceptors (Lipinski definition) is 1. The topological polar surface area (TPSA) is 20.2 Å². The maximum absolute atomic E-state index is 11.2. The van der Waals surface area contributed by atoms with Crippen molar-refractivity contribution in [3.63, 3.8) is 0 Å². The van der Waals surface area contributed by atoms with Gasteiger partial charge in [0.1, 0.15) is 5.60 Å². The molecule has 1 N–H and O–H groups in total. The largest absolute Gasteiger partial charge is 0.381 e. The number of benzene rings is 1. The van der Waals surface area contributed by atoms with Gasteiger partial charge in [0, 0.05) is 0 Å². The van der Waals surface area contributed by atoms with Gasteiger partial charge < -0.3 is 5.11 Å². The van der Waals surface area contributed by atoms with Gasteiger partial charge in [-0.25, -0.2) is 0 Å². The Morgan fingerprint density at radius 2 is 1.83 bits per heavy atom. The fraction of sp³-hybridized carbons (Fsp3) is 0.529. The van der Waals surface area contributed by atoms with Gasteiger partial charge in [0.2, 0.25) is 0 Å². The molecule has 1 heteroatoms. The molecule has 0 aliphatic heterocycles. The number of allylic oxidation sites excluding steroid dienone is 1. The van der Waals surface area contributed by atoms with E-state index in [1.807, 2.05) is 0 Å². The van der Waals surface area contributed by atoms with Crippen LogP contribution in [0.5, 0.6) is 0 Å². The molecule has 0 saturated carbocycles. The molecule has 0 aromatic heterocycles. The molecule has 1 nitrogen and oxygen atoms in total. The maximum Gasteiger partial charge on any atom is 0.111 e. The first kappa shape index (κ1) is 12.0. The predicted molar refractivity (Wildman–Crippen MR) is 74.4 cm³/mol. The molecular formula is C17H22O. The van der Waals surface area contributed by atoms with Crippen LogP contribution in [0.3, 0.4) is 0 Å². The van der Waals surface area contributed by atoms with Gasteiger partial charge in [-0.1, -0.05) is 36.8 Å². The normalized spacial score (nSPS) is 28.2. The molecule has 0 bridgehead atoms. The summed E-state index contributed by atoms with van der Waals surface area (Å²) in [7, 11) is 0. The third-order valence-corrected chi connectivity index (χ3v) is 4.52. The highest BCUT2D eigenvalue weighted by atomic mass is 16.3. The Morgan fingerprint density at radius 3 is 2.78 bits per heavy atom. The summed E-state index contributed by atoms with van der Waals surface area (Å²) in [5.74, 6) is 0. The van der Waals surface area contributed by atoms with E-state index in [0.29, 0.717) is 0 Å². The Morgan fingerprint density at radius 1 is 0.944 bits per heavy atom. The highest BCUT2D eigenvalue weighted by Crippen LogP contribution is 2.43. The van der Waals surface area contributed by atoms with E-state index >= 15 is 0 Å². The Bertz CT molecular complexity index is 460. The molecule has 0 heterocycles. The summed E-state index contributed by atoms with van der Waals surface area (Å²) in [6, 6.07) is 8.45. The van der Waals surface area contributed by atoms with Crippen molar-refractivity contribution in [1.82, 2.24) is 0 Å². The lowest BCUT2D eigenvalue weighted by Crippen LogP contribution is -2.32. The molecule has 2 aliphatic carbocycles. The Balaban J connectivity index is 2.02. The van der Waals surface area contributed by atoms with Gasteiger partial charge in [0.15, 0.2) is 0 Å². The Hall–Kier alpha value is -1.08. The zero-order chi connectivity index (χ0) is 12.4. The fourth-order valence-corrected chi connectivity index (χ4v) is 3.54. The highest BCUT2D eigenvalue weighted by Gasteiger charge is 2.37. The molecule has 0 fully saturated rings. The van der Waals surface area contributed by atoms with E-state index in [0.717, 1.165) is 32.1 Å². The lowest BCUT2D eigenvalue weighted by molar-refractivity contribution is 0.0533. The van der Waals surface area contributed by atoms with E-state index in [1.165, 1.54) is 36.0 Å². The van der Waals surface area contributed by atoms with Crippen molar-refractivity contribution in [2.75, 3.05) is 0 Å². The first-order valence-corrected chi connectivity index (χ1v) is 7.31. The Labute approximate surface area is 110 Å². The lowest BCUT2D eigenvalue weighted by Gasteiger charge is -2.37. The number of hydrogen-bond donors (Lipinski definition) is 1. The first-order chi connectivity index (χ1) is 8.81. The molecule has 0 spiro atoms. The van der Waals surface area contributed by atoms with Gasteiger partial charge in [-0.15, -0.1) is 0 Å². The van der Waals surface area contributed by atoms with E-state index in [2.05, 4.69) is 30.3 Å². The van der Waals surface area contributed by atoms with Crippen LogP contribution in [0.2, 0.25) is 0 Å². The summed E-state index contributed by atoms with van der Waals surface area (Å²) in [5.41, 5.74) is 3.13. The first-order valence-electron chi connectivity index (χ1n) is 7.31. The Kier molecular flexibility index (Phi) is 3.25. The zero-order valence-electron chi connectivity index (χ0n) is 11.0. The van der Waals surface area contributed by atoms with Crippen LogP contribution in [-0.2, 0) is 12.0 Å². The van der Waals surface area contributed by atoms with Crippen LogP contribution in [0.4, 0.5) is 0 Å². The lowest BCUT2D eigenvalue weighted by atomic mass is 9.73. The molecule has 1 aromatic rings. The van der Waals surface area contributed by atoms with E-state index in [-0.39, 0.29) is 0 Å². The average molecular weight is 242 g/mol. The second-order valence-electron chi connectivity index (χ2n) is 5.70. The number of rotatable bonds is 1. The van der Waals surface area contributed by atoms with Gasteiger partial charge in [-0.3, -0.25) is 0 Å². The summed E-state index contributed by atoms with van der Waals surface area (Å²) in [6.07, 6.45) is 11.5. The van der Waals surface area contributed by atoms with Gasteiger partial charge in [-0.2, -0.15) is 0 Å². The van der Waals surface area contributed by atoms with Crippen molar-refractivity contribution in [1.29, 1.82) is 0 Å². The van der Waals surface area contributed by atoms with E-state index in [4.69, 9.17) is 0 Å². The van der Waals surface area contributed by atoms with Crippen LogP contribution in [0.15, 0.2) is 35.9 Å². The minimum atomic E-state index is -0.667. The SMILES string of the molecule is OC1(C2=CCCCCC2)CCCc2ccccc21. The quantitative estimate of drug-likeness (QED) is 0.735. The monoisotopic (exact) mass is 242 g/mol. The molecule has 2 aliphatic rings. The molecular weight excluding hydrogens is 220 g/mol. The molecule has 1 aromatic carbocycles. The highest BCUT2D eigenvalue weighted by molar-refractivity contribution is 5.41. The number of fused-ring (bicyclic) bond motifs is 1.